The molecular formula is C11H19NO3. The van der Waals surface area contributed by atoms with E-state index in [-0.39, 0.29) is 23.2 Å². The number of carboxylic acid groups (broad SMARTS) is 1. The molecule has 1 unspecified atom stereocenters. The van der Waals surface area contributed by atoms with Gasteiger partial charge in [0.1, 0.15) is 6.04 Å². The van der Waals surface area contributed by atoms with Crippen LogP contribution in [-0.4, -0.2) is 35.0 Å². The highest BCUT2D eigenvalue weighted by atomic mass is 16.4. The summed E-state index contributed by atoms with van der Waals surface area (Å²) in [6.45, 7) is 8.04. The minimum atomic E-state index is -0.904. The van der Waals surface area contributed by atoms with E-state index in [0.717, 1.165) is 0 Å². The van der Waals surface area contributed by atoms with Crippen molar-refractivity contribution in [1.82, 2.24) is 4.90 Å². The maximum absolute atomic E-state index is 11.6. The molecule has 1 heterocycles. The van der Waals surface area contributed by atoms with Gasteiger partial charge >= 0.3 is 5.97 Å². The van der Waals surface area contributed by atoms with Crippen LogP contribution in [0.15, 0.2) is 0 Å². The first-order valence-electron chi connectivity index (χ1n) is 5.17. The average molecular weight is 213 g/mol. The zero-order valence-corrected chi connectivity index (χ0v) is 9.94. The fourth-order valence-corrected chi connectivity index (χ4v) is 2.01. The minimum absolute atomic E-state index is 0.0463. The van der Waals surface area contributed by atoms with Gasteiger partial charge in [0.2, 0.25) is 5.91 Å². The molecule has 1 aliphatic heterocycles. The van der Waals surface area contributed by atoms with E-state index in [2.05, 4.69) is 0 Å². The number of likely N-dealkylation sites (tertiary alicyclic amines) is 1. The third-order valence-corrected chi connectivity index (χ3v) is 3.55. The van der Waals surface area contributed by atoms with Gasteiger partial charge in [0.25, 0.3) is 0 Å². The average Bonchev–Trinajstić information content (AvgIpc) is 2.08. The molecule has 1 rings (SSSR count). The highest BCUT2D eigenvalue weighted by Gasteiger charge is 2.53. The highest BCUT2D eigenvalue weighted by Crippen LogP contribution is 2.40. The molecule has 0 aromatic carbocycles. The first-order valence-corrected chi connectivity index (χ1v) is 5.17. The smallest absolute Gasteiger partial charge is 0.327 e. The van der Waals surface area contributed by atoms with Crippen molar-refractivity contribution < 1.29 is 14.7 Å². The number of likely N-dealkylation sites (N-methyl/N-ethyl adjacent to an activating group) is 1. The predicted octanol–water partition coefficient (Wildman–Crippen LogP) is 1.21. The zero-order chi connectivity index (χ0) is 12.0. The number of hydrogen-bond donors (Lipinski definition) is 1. The van der Waals surface area contributed by atoms with E-state index in [1.807, 2.05) is 27.7 Å². The second kappa shape index (κ2) is 3.51. The van der Waals surface area contributed by atoms with Crippen molar-refractivity contribution in [3.8, 4) is 0 Å². The van der Waals surface area contributed by atoms with Gasteiger partial charge in [0, 0.05) is 7.05 Å². The SMILES string of the molecule is C[C@H](C1C(=O)N(C)[C@@H]1C(=O)O)C(C)(C)C. The Morgan fingerprint density at radius 2 is 1.93 bits per heavy atom. The Hall–Kier alpha value is -1.06. The van der Waals surface area contributed by atoms with Gasteiger partial charge in [0.05, 0.1) is 5.92 Å². The summed E-state index contributed by atoms with van der Waals surface area (Å²) in [6.07, 6.45) is 0. The Morgan fingerprint density at radius 3 is 2.27 bits per heavy atom. The van der Waals surface area contributed by atoms with Gasteiger partial charge in [0.15, 0.2) is 0 Å². The van der Waals surface area contributed by atoms with Crippen molar-refractivity contribution in [1.29, 1.82) is 0 Å². The Bertz CT molecular complexity index is 293. The largest absolute Gasteiger partial charge is 0.480 e. The molecule has 1 fully saturated rings. The number of carbonyl (C=O) groups excluding carboxylic acids is 1. The summed E-state index contributed by atoms with van der Waals surface area (Å²) < 4.78 is 0. The van der Waals surface area contributed by atoms with E-state index in [1.54, 1.807) is 7.05 Å². The lowest BCUT2D eigenvalue weighted by molar-refractivity contribution is -0.174. The standard InChI is InChI=1S/C11H19NO3/c1-6(11(2,3)4)7-8(10(14)15)12(5)9(7)13/h6-8H,1-5H3,(H,14,15)/t6-,7?,8+/m1/s1. The normalized spacial score (nSPS) is 28.6. The van der Waals surface area contributed by atoms with E-state index in [0.29, 0.717) is 0 Å². The van der Waals surface area contributed by atoms with Crippen LogP contribution in [0, 0.1) is 17.3 Å². The number of amides is 1. The van der Waals surface area contributed by atoms with E-state index < -0.39 is 12.0 Å². The van der Waals surface area contributed by atoms with Gasteiger partial charge in [-0.3, -0.25) is 4.79 Å². The second-order valence-electron chi connectivity index (χ2n) is 5.41. The van der Waals surface area contributed by atoms with Crippen molar-refractivity contribution in [3.05, 3.63) is 0 Å². The zero-order valence-electron chi connectivity index (χ0n) is 9.94. The Balaban J connectivity index is 2.86. The van der Waals surface area contributed by atoms with E-state index in [1.165, 1.54) is 4.90 Å². The summed E-state index contributed by atoms with van der Waals surface area (Å²) in [5.41, 5.74) is -0.0463. The van der Waals surface area contributed by atoms with Crippen molar-refractivity contribution in [2.75, 3.05) is 7.05 Å². The Labute approximate surface area is 90.3 Å². The van der Waals surface area contributed by atoms with Crippen LogP contribution in [0.3, 0.4) is 0 Å². The molecule has 4 heteroatoms. The molecule has 1 aliphatic rings. The third kappa shape index (κ3) is 1.85. The predicted molar refractivity (Wildman–Crippen MR) is 56.3 cm³/mol. The molecule has 1 amide bonds. The highest BCUT2D eigenvalue weighted by molar-refractivity contribution is 5.96. The van der Waals surface area contributed by atoms with Crippen LogP contribution in [0.1, 0.15) is 27.7 Å². The quantitative estimate of drug-likeness (QED) is 0.701. The van der Waals surface area contributed by atoms with Crippen LogP contribution < -0.4 is 0 Å². The molecule has 0 radical (unpaired) electrons. The van der Waals surface area contributed by atoms with Crippen molar-refractivity contribution in [3.63, 3.8) is 0 Å². The summed E-state index contributed by atoms with van der Waals surface area (Å²) in [5, 5.41) is 9.01. The lowest BCUT2D eigenvalue weighted by atomic mass is 9.67. The molecule has 1 N–H and O–H groups in total. The maximum Gasteiger partial charge on any atom is 0.327 e. The molecular weight excluding hydrogens is 194 g/mol. The first-order chi connectivity index (χ1) is 6.68. The fraction of sp³-hybridized carbons (Fsp3) is 0.818. The van der Waals surface area contributed by atoms with Crippen molar-refractivity contribution in [2.45, 2.75) is 33.7 Å². The summed E-state index contributed by atoms with van der Waals surface area (Å²) in [6, 6.07) is -0.647. The molecule has 0 aromatic heterocycles. The molecule has 3 atom stereocenters. The number of aliphatic carboxylic acids is 1. The first kappa shape index (κ1) is 12.0. The summed E-state index contributed by atoms with van der Waals surface area (Å²) >= 11 is 0. The number of β-lactam (4-membered cyclic amide) rings is 1. The van der Waals surface area contributed by atoms with Crippen molar-refractivity contribution in [2.24, 2.45) is 17.3 Å². The molecule has 86 valence electrons. The third-order valence-electron chi connectivity index (χ3n) is 3.55. The van der Waals surface area contributed by atoms with Gasteiger partial charge < -0.3 is 10.0 Å². The monoisotopic (exact) mass is 213 g/mol. The van der Waals surface area contributed by atoms with Crippen molar-refractivity contribution >= 4 is 11.9 Å². The summed E-state index contributed by atoms with van der Waals surface area (Å²) in [5.74, 6) is -1.25. The van der Waals surface area contributed by atoms with Crippen LogP contribution in [-0.2, 0) is 9.59 Å². The number of carbonyl (C=O) groups is 2. The lowest BCUT2D eigenvalue weighted by Gasteiger charge is -2.48. The van der Waals surface area contributed by atoms with Crippen LogP contribution in [0.25, 0.3) is 0 Å². The van der Waals surface area contributed by atoms with Crippen LogP contribution in [0.2, 0.25) is 0 Å². The van der Waals surface area contributed by atoms with Gasteiger partial charge in [-0.2, -0.15) is 0 Å². The molecule has 0 aromatic rings. The molecule has 0 spiro atoms. The van der Waals surface area contributed by atoms with Crippen LogP contribution in [0.5, 0.6) is 0 Å². The minimum Gasteiger partial charge on any atom is -0.480 e. The van der Waals surface area contributed by atoms with Gasteiger partial charge in [-0.25, -0.2) is 4.79 Å². The molecule has 0 bridgehead atoms. The Kier molecular flexibility index (Phi) is 2.81. The van der Waals surface area contributed by atoms with Gasteiger partial charge in [-0.1, -0.05) is 27.7 Å². The summed E-state index contributed by atoms with van der Waals surface area (Å²) in [4.78, 5) is 23.9. The van der Waals surface area contributed by atoms with E-state index in [4.69, 9.17) is 5.11 Å². The van der Waals surface area contributed by atoms with Gasteiger partial charge in [-0.05, 0) is 11.3 Å². The fourth-order valence-electron chi connectivity index (χ4n) is 2.01. The topological polar surface area (TPSA) is 57.6 Å². The Morgan fingerprint density at radius 1 is 1.47 bits per heavy atom. The molecule has 15 heavy (non-hydrogen) atoms. The molecule has 4 nitrogen and oxygen atoms in total. The number of carboxylic acids is 1. The molecule has 1 saturated heterocycles. The number of nitrogens with zero attached hydrogens (tertiary/aromatic N) is 1. The lowest BCUT2D eigenvalue weighted by Crippen LogP contribution is -2.65. The van der Waals surface area contributed by atoms with E-state index >= 15 is 0 Å². The maximum atomic E-state index is 11.6. The molecule has 0 saturated carbocycles. The van der Waals surface area contributed by atoms with Crippen LogP contribution >= 0.6 is 0 Å². The number of rotatable bonds is 2. The van der Waals surface area contributed by atoms with Gasteiger partial charge in [-0.15, -0.1) is 0 Å². The van der Waals surface area contributed by atoms with E-state index in [9.17, 15) is 9.59 Å². The van der Waals surface area contributed by atoms with Crippen LogP contribution in [0.4, 0.5) is 0 Å². The molecule has 0 aliphatic carbocycles. The number of hydrogen-bond acceptors (Lipinski definition) is 2. The second-order valence-corrected chi connectivity index (χ2v) is 5.41. The summed E-state index contributed by atoms with van der Waals surface area (Å²) in [7, 11) is 1.55.